The predicted octanol–water partition coefficient (Wildman–Crippen LogP) is 3.46. The summed E-state index contributed by atoms with van der Waals surface area (Å²) < 4.78 is 0. The second kappa shape index (κ2) is 6.56. The van der Waals surface area contributed by atoms with Gasteiger partial charge in [0.1, 0.15) is 0 Å². The molecule has 0 spiro atoms. The second-order valence-electron chi connectivity index (χ2n) is 5.24. The SMILES string of the molecule is CC1(O)CCN(C(=O)CSc2cc(Cl)ccc2Cl)CC1. The molecule has 3 nitrogen and oxygen atoms in total. The highest BCUT2D eigenvalue weighted by Gasteiger charge is 2.29. The molecule has 1 amide bonds. The van der Waals surface area contributed by atoms with E-state index in [0.717, 1.165) is 4.90 Å². The summed E-state index contributed by atoms with van der Waals surface area (Å²) in [5.74, 6) is 0.406. The highest BCUT2D eigenvalue weighted by molar-refractivity contribution is 8.00. The number of aliphatic hydroxyl groups is 1. The van der Waals surface area contributed by atoms with E-state index >= 15 is 0 Å². The van der Waals surface area contributed by atoms with Crippen LogP contribution >= 0.6 is 35.0 Å². The Morgan fingerprint density at radius 2 is 2.05 bits per heavy atom. The van der Waals surface area contributed by atoms with Gasteiger partial charge in [0.25, 0.3) is 0 Å². The Hall–Kier alpha value is -0.420. The van der Waals surface area contributed by atoms with Crippen LogP contribution in [0.2, 0.25) is 10.0 Å². The van der Waals surface area contributed by atoms with Crippen LogP contribution in [0.25, 0.3) is 0 Å². The highest BCUT2D eigenvalue weighted by Crippen LogP contribution is 2.30. The zero-order chi connectivity index (χ0) is 14.8. The zero-order valence-electron chi connectivity index (χ0n) is 11.2. The molecule has 20 heavy (non-hydrogen) atoms. The van der Waals surface area contributed by atoms with E-state index < -0.39 is 5.60 Å². The van der Waals surface area contributed by atoms with E-state index in [1.807, 2.05) is 6.92 Å². The molecule has 1 aromatic carbocycles. The van der Waals surface area contributed by atoms with Crippen LogP contribution in [0.1, 0.15) is 19.8 Å². The van der Waals surface area contributed by atoms with Crippen LogP contribution in [0, 0.1) is 0 Å². The van der Waals surface area contributed by atoms with Crippen molar-refractivity contribution in [3.05, 3.63) is 28.2 Å². The Labute approximate surface area is 133 Å². The number of rotatable bonds is 3. The number of piperidine rings is 1. The number of hydrogen-bond acceptors (Lipinski definition) is 3. The van der Waals surface area contributed by atoms with Gasteiger partial charge >= 0.3 is 0 Å². The second-order valence-corrected chi connectivity index (χ2v) is 7.10. The normalized spacial score (nSPS) is 18.1. The maximum atomic E-state index is 12.1. The van der Waals surface area contributed by atoms with E-state index in [-0.39, 0.29) is 5.91 Å². The lowest BCUT2D eigenvalue weighted by atomic mass is 9.94. The van der Waals surface area contributed by atoms with Gasteiger partial charge in [-0.1, -0.05) is 23.2 Å². The van der Waals surface area contributed by atoms with Gasteiger partial charge in [-0.25, -0.2) is 0 Å². The molecule has 0 aliphatic carbocycles. The van der Waals surface area contributed by atoms with E-state index in [1.54, 1.807) is 23.1 Å². The average Bonchev–Trinajstić information content (AvgIpc) is 2.39. The molecular weight excluding hydrogens is 317 g/mol. The molecule has 0 aromatic heterocycles. The third kappa shape index (κ3) is 4.29. The minimum absolute atomic E-state index is 0.0709. The fourth-order valence-electron chi connectivity index (χ4n) is 2.06. The predicted molar refractivity (Wildman–Crippen MR) is 83.6 cm³/mol. The van der Waals surface area contributed by atoms with Crippen molar-refractivity contribution in [2.75, 3.05) is 18.8 Å². The lowest BCUT2D eigenvalue weighted by molar-refractivity contribution is -0.132. The monoisotopic (exact) mass is 333 g/mol. The van der Waals surface area contributed by atoms with Crippen LogP contribution in [0.15, 0.2) is 23.1 Å². The smallest absolute Gasteiger partial charge is 0.232 e. The van der Waals surface area contributed by atoms with E-state index in [2.05, 4.69) is 0 Å². The summed E-state index contributed by atoms with van der Waals surface area (Å²) >= 11 is 13.4. The Bertz CT molecular complexity index is 498. The molecule has 0 atom stereocenters. The molecule has 0 radical (unpaired) electrons. The van der Waals surface area contributed by atoms with Crippen molar-refractivity contribution in [2.45, 2.75) is 30.3 Å². The quantitative estimate of drug-likeness (QED) is 0.861. The number of nitrogens with zero attached hydrogens (tertiary/aromatic N) is 1. The average molecular weight is 334 g/mol. The van der Waals surface area contributed by atoms with Gasteiger partial charge in [-0.15, -0.1) is 11.8 Å². The Balaban J connectivity index is 1.88. The molecule has 2 rings (SSSR count). The zero-order valence-corrected chi connectivity index (χ0v) is 13.6. The molecule has 0 bridgehead atoms. The third-order valence-corrected chi connectivity index (χ3v) is 5.15. The van der Waals surface area contributed by atoms with Gasteiger partial charge in [-0.05, 0) is 38.0 Å². The first kappa shape index (κ1) is 16.0. The van der Waals surface area contributed by atoms with Gasteiger partial charge in [0.15, 0.2) is 0 Å². The summed E-state index contributed by atoms with van der Waals surface area (Å²) in [4.78, 5) is 14.7. The van der Waals surface area contributed by atoms with Crippen LogP contribution in [-0.2, 0) is 4.79 Å². The molecule has 1 fully saturated rings. The largest absolute Gasteiger partial charge is 0.390 e. The minimum Gasteiger partial charge on any atom is -0.390 e. The van der Waals surface area contributed by atoms with Crippen molar-refractivity contribution < 1.29 is 9.90 Å². The van der Waals surface area contributed by atoms with Gasteiger partial charge in [-0.3, -0.25) is 4.79 Å². The minimum atomic E-state index is -0.639. The van der Waals surface area contributed by atoms with Crippen LogP contribution in [-0.4, -0.2) is 40.4 Å². The summed E-state index contributed by atoms with van der Waals surface area (Å²) in [7, 11) is 0. The number of halogens is 2. The summed E-state index contributed by atoms with van der Waals surface area (Å²) in [6.45, 7) is 3.03. The van der Waals surface area contributed by atoms with Crippen LogP contribution in [0.4, 0.5) is 0 Å². The fourth-order valence-corrected chi connectivity index (χ4v) is 3.45. The number of hydrogen-bond donors (Lipinski definition) is 1. The van der Waals surface area contributed by atoms with Gasteiger partial charge in [0.2, 0.25) is 5.91 Å². The van der Waals surface area contributed by atoms with Crippen LogP contribution < -0.4 is 0 Å². The van der Waals surface area contributed by atoms with E-state index in [4.69, 9.17) is 23.2 Å². The maximum Gasteiger partial charge on any atom is 0.232 e. The number of thioether (sulfide) groups is 1. The molecular formula is C14H17Cl2NO2S. The van der Waals surface area contributed by atoms with Crippen molar-refractivity contribution in [3.63, 3.8) is 0 Å². The number of carbonyl (C=O) groups excluding carboxylic acids is 1. The number of benzene rings is 1. The first-order chi connectivity index (χ1) is 9.37. The Kier molecular flexibility index (Phi) is 5.24. The number of carbonyl (C=O) groups is 1. The van der Waals surface area contributed by atoms with Crippen molar-refractivity contribution in [2.24, 2.45) is 0 Å². The van der Waals surface area contributed by atoms with Crippen molar-refractivity contribution in [1.82, 2.24) is 4.90 Å². The van der Waals surface area contributed by atoms with E-state index in [9.17, 15) is 9.90 Å². The molecule has 1 saturated heterocycles. The van der Waals surface area contributed by atoms with Gasteiger partial charge < -0.3 is 10.0 Å². The van der Waals surface area contributed by atoms with Gasteiger partial charge in [0, 0.05) is 23.0 Å². The van der Waals surface area contributed by atoms with Gasteiger partial charge in [-0.2, -0.15) is 0 Å². The first-order valence-corrected chi connectivity index (χ1v) is 8.19. The number of likely N-dealkylation sites (tertiary alicyclic amines) is 1. The summed E-state index contributed by atoms with van der Waals surface area (Å²) in [5, 5.41) is 11.1. The molecule has 0 saturated carbocycles. The van der Waals surface area contributed by atoms with Crippen molar-refractivity contribution >= 4 is 40.9 Å². The molecule has 110 valence electrons. The van der Waals surface area contributed by atoms with E-state index in [1.165, 1.54) is 11.8 Å². The maximum absolute atomic E-state index is 12.1. The topological polar surface area (TPSA) is 40.5 Å². The lowest BCUT2D eigenvalue weighted by Crippen LogP contribution is -2.45. The summed E-state index contributed by atoms with van der Waals surface area (Å²) in [6.07, 6.45) is 1.25. The molecule has 0 unspecified atom stereocenters. The van der Waals surface area contributed by atoms with Gasteiger partial charge in [0.05, 0.1) is 16.4 Å². The van der Waals surface area contributed by atoms with Crippen molar-refractivity contribution in [1.29, 1.82) is 0 Å². The fraction of sp³-hybridized carbons (Fsp3) is 0.500. The summed E-state index contributed by atoms with van der Waals surface area (Å²) in [6, 6.07) is 5.22. The molecule has 1 aliphatic rings. The lowest BCUT2D eigenvalue weighted by Gasteiger charge is -2.35. The Morgan fingerprint density at radius 1 is 1.40 bits per heavy atom. The molecule has 1 N–H and O–H groups in total. The Morgan fingerprint density at radius 3 is 2.70 bits per heavy atom. The highest BCUT2D eigenvalue weighted by atomic mass is 35.5. The van der Waals surface area contributed by atoms with E-state index in [0.29, 0.717) is 41.7 Å². The summed E-state index contributed by atoms with van der Waals surface area (Å²) in [5.41, 5.74) is -0.639. The standard InChI is InChI=1S/C14H17Cl2NO2S/c1-14(19)4-6-17(7-5-14)13(18)9-20-12-8-10(15)2-3-11(12)16/h2-3,8,19H,4-7,9H2,1H3. The van der Waals surface area contributed by atoms with Crippen LogP contribution in [0.5, 0.6) is 0 Å². The molecule has 1 heterocycles. The molecule has 6 heteroatoms. The third-order valence-electron chi connectivity index (χ3n) is 3.44. The van der Waals surface area contributed by atoms with Crippen LogP contribution in [0.3, 0.4) is 0 Å². The number of amides is 1. The molecule has 1 aromatic rings. The van der Waals surface area contributed by atoms with Crippen molar-refractivity contribution in [3.8, 4) is 0 Å². The molecule has 1 aliphatic heterocycles. The first-order valence-electron chi connectivity index (χ1n) is 6.45.